The van der Waals surface area contributed by atoms with Crippen LogP contribution in [0.2, 0.25) is 0 Å². The predicted octanol–water partition coefficient (Wildman–Crippen LogP) is 1.07. The topological polar surface area (TPSA) is 56.7 Å². The van der Waals surface area contributed by atoms with E-state index in [0.717, 1.165) is 0 Å². The standard InChI is InChI=1S/C6H5IN4O/c1-11-2-4(8-3-11)5-9-10-6(7)12-5/h2-3H,1H3. The minimum atomic E-state index is 0.458. The van der Waals surface area contributed by atoms with Crippen molar-refractivity contribution in [2.45, 2.75) is 0 Å². The molecular weight excluding hydrogens is 271 g/mol. The van der Waals surface area contributed by atoms with Crippen LogP contribution < -0.4 is 0 Å². The van der Waals surface area contributed by atoms with Gasteiger partial charge >= 0.3 is 0 Å². The Morgan fingerprint density at radius 3 is 2.83 bits per heavy atom. The molecule has 0 amide bonds. The quantitative estimate of drug-likeness (QED) is 0.731. The number of hydrogen-bond donors (Lipinski definition) is 0. The summed E-state index contributed by atoms with van der Waals surface area (Å²) in [4.78, 5) is 4.06. The van der Waals surface area contributed by atoms with Gasteiger partial charge in [0, 0.05) is 35.8 Å². The first-order chi connectivity index (χ1) is 5.75. The molecule has 0 N–H and O–H groups in total. The Hall–Kier alpha value is -0.920. The van der Waals surface area contributed by atoms with Crippen LogP contribution in [0.15, 0.2) is 16.9 Å². The van der Waals surface area contributed by atoms with E-state index in [1.165, 1.54) is 0 Å². The Morgan fingerprint density at radius 2 is 2.33 bits per heavy atom. The van der Waals surface area contributed by atoms with Crippen LogP contribution in [0.1, 0.15) is 0 Å². The molecule has 12 heavy (non-hydrogen) atoms. The van der Waals surface area contributed by atoms with Gasteiger partial charge < -0.3 is 8.98 Å². The van der Waals surface area contributed by atoms with Crippen molar-refractivity contribution in [2.24, 2.45) is 7.05 Å². The van der Waals surface area contributed by atoms with Crippen LogP contribution in [0, 0.1) is 3.90 Å². The van der Waals surface area contributed by atoms with Crippen molar-refractivity contribution in [3.8, 4) is 11.6 Å². The second kappa shape index (κ2) is 2.85. The third kappa shape index (κ3) is 1.33. The van der Waals surface area contributed by atoms with Crippen LogP contribution in [-0.2, 0) is 7.05 Å². The van der Waals surface area contributed by atoms with Gasteiger partial charge in [-0.1, -0.05) is 0 Å². The van der Waals surface area contributed by atoms with Crippen molar-refractivity contribution >= 4 is 22.6 Å². The van der Waals surface area contributed by atoms with E-state index in [1.807, 2.05) is 40.4 Å². The zero-order valence-electron chi connectivity index (χ0n) is 6.23. The maximum absolute atomic E-state index is 5.17. The molecular formula is C6H5IN4O. The molecule has 0 radical (unpaired) electrons. The van der Waals surface area contributed by atoms with Crippen molar-refractivity contribution < 1.29 is 4.42 Å². The highest BCUT2D eigenvalue weighted by atomic mass is 127. The number of halogens is 1. The Morgan fingerprint density at radius 1 is 1.50 bits per heavy atom. The molecule has 2 heterocycles. The molecule has 0 atom stereocenters. The molecule has 6 heteroatoms. The maximum atomic E-state index is 5.17. The summed E-state index contributed by atoms with van der Waals surface area (Å²) >= 11 is 1.96. The molecule has 2 aromatic rings. The van der Waals surface area contributed by atoms with Gasteiger partial charge in [-0.2, -0.15) is 0 Å². The summed E-state index contributed by atoms with van der Waals surface area (Å²) in [5.41, 5.74) is 0.702. The molecule has 5 nitrogen and oxygen atoms in total. The molecule has 0 aliphatic rings. The summed E-state index contributed by atoms with van der Waals surface area (Å²) in [6.45, 7) is 0. The average Bonchev–Trinajstić information content (AvgIpc) is 2.58. The normalized spacial score (nSPS) is 10.5. The van der Waals surface area contributed by atoms with Crippen molar-refractivity contribution in [2.75, 3.05) is 0 Å². The van der Waals surface area contributed by atoms with E-state index < -0.39 is 0 Å². The highest BCUT2D eigenvalue weighted by Gasteiger charge is 2.08. The van der Waals surface area contributed by atoms with Gasteiger partial charge in [-0.3, -0.25) is 0 Å². The summed E-state index contributed by atoms with van der Waals surface area (Å²) in [5, 5.41) is 7.52. The molecule has 2 aromatic heterocycles. The van der Waals surface area contributed by atoms with Crippen molar-refractivity contribution in [3.63, 3.8) is 0 Å². The van der Waals surface area contributed by atoms with Crippen LogP contribution >= 0.6 is 22.6 Å². The van der Waals surface area contributed by atoms with Crippen LogP contribution in [-0.4, -0.2) is 19.7 Å². The molecule has 0 saturated heterocycles. The highest BCUT2D eigenvalue weighted by Crippen LogP contribution is 2.14. The van der Waals surface area contributed by atoms with E-state index in [4.69, 9.17) is 4.42 Å². The first-order valence-electron chi connectivity index (χ1n) is 3.23. The molecule has 0 unspecified atom stereocenters. The third-order valence-electron chi connectivity index (χ3n) is 1.32. The number of rotatable bonds is 1. The first kappa shape index (κ1) is 7.71. The first-order valence-corrected chi connectivity index (χ1v) is 4.31. The molecule has 62 valence electrons. The van der Waals surface area contributed by atoms with Crippen molar-refractivity contribution in [3.05, 3.63) is 16.4 Å². The van der Waals surface area contributed by atoms with E-state index in [1.54, 1.807) is 6.33 Å². The van der Waals surface area contributed by atoms with Crippen molar-refractivity contribution in [1.82, 2.24) is 19.7 Å². The molecule has 0 spiro atoms. The van der Waals surface area contributed by atoms with Gasteiger partial charge in [0.2, 0.25) is 0 Å². The van der Waals surface area contributed by atoms with Gasteiger partial charge in [0.05, 0.1) is 6.33 Å². The van der Waals surface area contributed by atoms with Gasteiger partial charge in [0.1, 0.15) is 5.69 Å². The minimum Gasteiger partial charge on any atom is -0.410 e. The van der Waals surface area contributed by atoms with Gasteiger partial charge in [0.15, 0.2) is 0 Å². The number of imidazole rings is 1. The predicted molar refractivity (Wildman–Crippen MR) is 49.2 cm³/mol. The lowest BCUT2D eigenvalue weighted by Crippen LogP contribution is -1.78. The molecule has 0 aliphatic carbocycles. The Balaban J connectivity index is 2.43. The van der Waals surface area contributed by atoms with Gasteiger partial charge in [0.25, 0.3) is 9.79 Å². The second-order valence-electron chi connectivity index (χ2n) is 2.28. The lowest BCUT2D eigenvalue weighted by atomic mass is 10.5. The molecule has 0 saturated carbocycles. The summed E-state index contributed by atoms with van der Waals surface area (Å²) in [6.07, 6.45) is 3.51. The van der Waals surface area contributed by atoms with Crippen LogP contribution in [0.5, 0.6) is 0 Å². The number of aromatic nitrogens is 4. The lowest BCUT2D eigenvalue weighted by molar-refractivity contribution is 0.535. The lowest BCUT2D eigenvalue weighted by Gasteiger charge is -1.83. The minimum absolute atomic E-state index is 0.458. The van der Waals surface area contributed by atoms with E-state index in [-0.39, 0.29) is 0 Å². The monoisotopic (exact) mass is 276 g/mol. The summed E-state index contributed by atoms with van der Waals surface area (Å²) in [7, 11) is 1.89. The SMILES string of the molecule is Cn1cnc(-c2nnc(I)o2)c1. The van der Waals surface area contributed by atoms with E-state index in [9.17, 15) is 0 Å². The maximum Gasteiger partial charge on any atom is 0.278 e. The summed E-state index contributed by atoms with van der Waals surface area (Å²) in [6, 6.07) is 0. The zero-order valence-corrected chi connectivity index (χ0v) is 8.39. The van der Waals surface area contributed by atoms with Crippen LogP contribution in [0.4, 0.5) is 0 Å². The zero-order chi connectivity index (χ0) is 8.55. The highest BCUT2D eigenvalue weighted by molar-refractivity contribution is 14.1. The summed E-state index contributed by atoms with van der Waals surface area (Å²) < 4.78 is 7.52. The molecule has 0 aliphatic heterocycles. The molecule has 0 fully saturated rings. The van der Waals surface area contributed by atoms with E-state index in [2.05, 4.69) is 15.2 Å². The fourth-order valence-corrected chi connectivity index (χ4v) is 1.15. The van der Waals surface area contributed by atoms with E-state index in [0.29, 0.717) is 15.5 Å². The Kier molecular flexibility index (Phi) is 1.83. The fraction of sp³-hybridized carbons (Fsp3) is 0.167. The van der Waals surface area contributed by atoms with E-state index >= 15 is 0 Å². The number of nitrogens with zero attached hydrogens (tertiary/aromatic N) is 4. The number of aryl methyl sites for hydroxylation is 1. The smallest absolute Gasteiger partial charge is 0.278 e. The molecule has 0 aromatic carbocycles. The second-order valence-corrected chi connectivity index (χ2v) is 3.21. The van der Waals surface area contributed by atoms with Crippen LogP contribution in [0.3, 0.4) is 0 Å². The third-order valence-corrected chi connectivity index (χ3v) is 1.76. The van der Waals surface area contributed by atoms with Gasteiger partial charge in [-0.05, 0) is 0 Å². The number of hydrogen-bond acceptors (Lipinski definition) is 4. The Bertz CT molecular complexity index is 355. The molecule has 0 bridgehead atoms. The van der Waals surface area contributed by atoms with Crippen molar-refractivity contribution in [1.29, 1.82) is 0 Å². The average molecular weight is 276 g/mol. The van der Waals surface area contributed by atoms with Crippen LogP contribution in [0.25, 0.3) is 11.6 Å². The Labute approximate surface area is 82.0 Å². The summed E-state index contributed by atoms with van der Waals surface area (Å²) in [5.74, 6) is 0.458. The van der Waals surface area contributed by atoms with Gasteiger partial charge in [-0.15, -0.1) is 10.2 Å². The largest absolute Gasteiger partial charge is 0.410 e. The fourth-order valence-electron chi connectivity index (χ4n) is 0.832. The van der Waals surface area contributed by atoms with Gasteiger partial charge in [-0.25, -0.2) is 4.98 Å². The molecule has 2 rings (SSSR count).